The molecule has 3 heterocycles. The lowest BCUT2D eigenvalue weighted by Crippen LogP contribution is -2.39. The first-order valence-electron chi connectivity index (χ1n) is 10.1. The minimum Gasteiger partial charge on any atom is -0.382 e. The fourth-order valence-electron chi connectivity index (χ4n) is 3.50. The van der Waals surface area contributed by atoms with Gasteiger partial charge in [0.1, 0.15) is 35.3 Å². The van der Waals surface area contributed by atoms with Crippen molar-refractivity contribution in [2.24, 2.45) is 0 Å². The van der Waals surface area contributed by atoms with E-state index in [9.17, 15) is 10.1 Å². The first-order valence-corrected chi connectivity index (χ1v) is 10.5. The van der Waals surface area contributed by atoms with E-state index in [0.29, 0.717) is 35.0 Å². The highest BCUT2D eigenvalue weighted by molar-refractivity contribution is 6.36. The van der Waals surface area contributed by atoms with Gasteiger partial charge in [-0.2, -0.15) is 5.26 Å². The van der Waals surface area contributed by atoms with Crippen LogP contribution in [0.4, 0.5) is 11.6 Å². The van der Waals surface area contributed by atoms with Crippen LogP contribution in [0.2, 0.25) is 5.02 Å². The maximum atomic E-state index is 13.2. The van der Waals surface area contributed by atoms with Crippen molar-refractivity contribution in [2.45, 2.75) is 31.8 Å². The Morgan fingerprint density at radius 1 is 1.31 bits per heavy atom. The molecule has 0 aliphatic carbocycles. The fraction of sp³-hybridized carbons (Fsp3) is 0.333. The highest BCUT2D eigenvalue weighted by Crippen LogP contribution is 2.28. The second-order valence-corrected chi connectivity index (χ2v) is 7.79. The molecule has 1 fully saturated rings. The molecule has 1 aliphatic rings. The molecule has 1 aromatic carbocycles. The maximum Gasteiger partial charge on any atom is 0.270 e. The van der Waals surface area contributed by atoms with Crippen LogP contribution in [0.1, 0.15) is 47.7 Å². The van der Waals surface area contributed by atoms with Crippen molar-refractivity contribution < 1.29 is 9.53 Å². The molecule has 32 heavy (non-hydrogen) atoms. The molecule has 0 saturated carbocycles. The number of aromatic nitrogens is 4. The number of nitrogen functional groups attached to an aromatic ring is 1. The van der Waals surface area contributed by atoms with Gasteiger partial charge in [-0.25, -0.2) is 19.9 Å². The predicted octanol–water partition coefficient (Wildman–Crippen LogP) is 2.61. The van der Waals surface area contributed by atoms with Crippen LogP contribution in [0.5, 0.6) is 0 Å². The van der Waals surface area contributed by atoms with Crippen LogP contribution < -0.4 is 16.4 Å². The van der Waals surface area contributed by atoms with Gasteiger partial charge < -0.3 is 21.1 Å². The molecular weight excluding hydrogens is 432 g/mol. The number of benzene rings is 1. The molecule has 1 atom stereocenters. The minimum atomic E-state index is -0.491. The van der Waals surface area contributed by atoms with E-state index in [0.717, 1.165) is 12.8 Å². The summed E-state index contributed by atoms with van der Waals surface area (Å²) in [5, 5.41) is 16.4. The molecule has 164 valence electrons. The van der Waals surface area contributed by atoms with Gasteiger partial charge in [0.05, 0.1) is 22.0 Å². The predicted molar refractivity (Wildman–Crippen MR) is 119 cm³/mol. The molecule has 0 unspecified atom stereocenters. The summed E-state index contributed by atoms with van der Waals surface area (Å²) < 4.78 is 5.36. The van der Waals surface area contributed by atoms with Crippen molar-refractivity contribution in [1.82, 2.24) is 25.3 Å². The number of ether oxygens (including phenoxy) is 1. The van der Waals surface area contributed by atoms with E-state index in [1.165, 1.54) is 6.33 Å². The molecule has 10 nitrogen and oxygen atoms in total. The van der Waals surface area contributed by atoms with Crippen LogP contribution >= 0.6 is 11.6 Å². The van der Waals surface area contributed by atoms with Crippen molar-refractivity contribution >= 4 is 40.0 Å². The van der Waals surface area contributed by atoms with Gasteiger partial charge in [-0.1, -0.05) is 17.7 Å². The zero-order valence-electron chi connectivity index (χ0n) is 17.3. The number of halogens is 1. The SMILES string of the molecule is C[C@@H](Nc1ncnc(N)c1C#N)c1nc(C(=O)NC2CCOCC2)c2c(Cl)cccc2n1. The zero-order chi connectivity index (χ0) is 22.7. The topological polar surface area (TPSA) is 152 Å². The second kappa shape index (κ2) is 9.30. The molecule has 4 N–H and O–H groups in total. The number of hydrogen-bond donors (Lipinski definition) is 3. The summed E-state index contributed by atoms with van der Waals surface area (Å²) in [6, 6.07) is 6.73. The average molecular weight is 453 g/mol. The van der Waals surface area contributed by atoms with Gasteiger partial charge in [0.25, 0.3) is 5.91 Å². The van der Waals surface area contributed by atoms with Crippen LogP contribution in [-0.4, -0.2) is 45.1 Å². The third kappa shape index (κ3) is 4.39. The molecule has 1 aliphatic heterocycles. The zero-order valence-corrected chi connectivity index (χ0v) is 18.1. The van der Waals surface area contributed by atoms with E-state index in [-0.39, 0.29) is 34.8 Å². The number of fused-ring (bicyclic) bond motifs is 1. The van der Waals surface area contributed by atoms with Gasteiger partial charge in [-0.3, -0.25) is 4.79 Å². The van der Waals surface area contributed by atoms with Gasteiger partial charge in [0.2, 0.25) is 0 Å². The Balaban J connectivity index is 1.70. The molecule has 0 bridgehead atoms. The summed E-state index contributed by atoms with van der Waals surface area (Å²) in [4.78, 5) is 30.2. The van der Waals surface area contributed by atoms with E-state index >= 15 is 0 Å². The summed E-state index contributed by atoms with van der Waals surface area (Å²) in [6.07, 6.45) is 2.73. The van der Waals surface area contributed by atoms with Crippen molar-refractivity contribution in [1.29, 1.82) is 5.26 Å². The van der Waals surface area contributed by atoms with Crippen LogP contribution in [0.15, 0.2) is 24.5 Å². The van der Waals surface area contributed by atoms with E-state index in [2.05, 4.69) is 30.6 Å². The number of anilines is 2. The fourth-order valence-corrected chi connectivity index (χ4v) is 3.76. The standard InChI is InChI=1S/C21H21ClN8O2/c1-11(27-20-13(9-23)18(24)25-10-26-20)19-29-15-4-2-3-14(22)16(15)17(30-19)21(31)28-12-5-7-32-8-6-12/h2-4,10-12H,5-8H2,1H3,(H,28,31)(H3,24,25,26,27)/t11-/m1/s1. The third-order valence-corrected chi connectivity index (χ3v) is 5.51. The van der Waals surface area contributed by atoms with E-state index < -0.39 is 6.04 Å². The highest BCUT2D eigenvalue weighted by Gasteiger charge is 2.23. The lowest BCUT2D eigenvalue weighted by Gasteiger charge is -2.23. The van der Waals surface area contributed by atoms with Crippen LogP contribution in [0.25, 0.3) is 10.9 Å². The second-order valence-electron chi connectivity index (χ2n) is 7.38. The molecule has 3 aromatic rings. The lowest BCUT2D eigenvalue weighted by molar-refractivity contribution is 0.0695. The minimum absolute atomic E-state index is 0.00457. The smallest absolute Gasteiger partial charge is 0.270 e. The number of amides is 1. The Hall–Kier alpha value is -3.55. The number of carbonyl (C=O) groups is 1. The lowest BCUT2D eigenvalue weighted by atomic mass is 10.1. The van der Waals surface area contributed by atoms with Gasteiger partial charge in [-0.15, -0.1) is 0 Å². The summed E-state index contributed by atoms with van der Waals surface area (Å²) in [6.45, 7) is 3.00. The Bertz CT molecular complexity index is 1210. The number of nitrogens with two attached hydrogens (primary N) is 1. The number of hydrogen-bond acceptors (Lipinski definition) is 9. The molecule has 0 radical (unpaired) electrons. The van der Waals surface area contributed by atoms with Crippen molar-refractivity contribution in [3.8, 4) is 6.07 Å². The molecule has 1 amide bonds. The van der Waals surface area contributed by atoms with Gasteiger partial charge in [0.15, 0.2) is 5.82 Å². The summed E-state index contributed by atoms with van der Waals surface area (Å²) in [7, 11) is 0. The van der Waals surface area contributed by atoms with Crippen LogP contribution in [0, 0.1) is 11.3 Å². The van der Waals surface area contributed by atoms with Crippen molar-refractivity contribution in [2.75, 3.05) is 24.3 Å². The largest absolute Gasteiger partial charge is 0.382 e. The summed E-state index contributed by atoms with van der Waals surface area (Å²) in [5.41, 5.74) is 6.63. The Morgan fingerprint density at radius 3 is 2.84 bits per heavy atom. The number of nitrogens with one attached hydrogen (secondary N) is 2. The summed E-state index contributed by atoms with van der Waals surface area (Å²) in [5.74, 6) is 0.350. The van der Waals surface area contributed by atoms with E-state index in [4.69, 9.17) is 22.1 Å². The average Bonchev–Trinajstić information content (AvgIpc) is 2.79. The molecule has 0 spiro atoms. The number of nitriles is 1. The molecular formula is C21H21ClN8O2. The highest BCUT2D eigenvalue weighted by atomic mass is 35.5. The Kier molecular flexibility index (Phi) is 6.30. The first kappa shape index (κ1) is 21.7. The number of rotatable bonds is 5. The van der Waals surface area contributed by atoms with E-state index in [1.54, 1.807) is 25.1 Å². The Morgan fingerprint density at radius 2 is 2.09 bits per heavy atom. The molecule has 11 heteroatoms. The van der Waals surface area contributed by atoms with Gasteiger partial charge in [0, 0.05) is 19.3 Å². The summed E-state index contributed by atoms with van der Waals surface area (Å²) >= 11 is 6.41. The van der Waals surface area contributed by atoms with Crippen LogP contribution in [-0.2, 0) is 4.74 Å². The normalized spacial score (nSPS) is 15.2. The molecule has 2 aromatic heterocycles. The quantitative estimate of drug-likeness (QED) is 0.530. The maximum absolute atomic E-state index is 13.2. The van der Waals surface area contributed by atoms with Gasteiger partial charge >= 0.3 is 0 Å². The molecule has 4 rings (SSSR count). The first-order chi connectivity index (χ1) is 15.5. The number of carbonyl (C=O) groups excluding carboxylic acids is 1. The Labute approximate surface area is 189 Å². The third-order valence-electron chi connectivity index (χ3n) is 5.19. The number of nitrogens with zero attached hydrogens (tertiary/aromatic N) is 5. The monoisotopic (exact) mass is 452 g/mol. The van der Waals surface area contributed by atoms with Crippen LogP contribution in [0.3, 0.4) is 0 Å². The van der Waals surface area contributed by atoms with E-state index in [1.807, 2.05) is 6.07 Å². The van der Waals surface area contributed by atoms with Gasteiger partial charge in [-0.05, 0) is 31.9 Å². The molecule has 1 saturated heterocycles. The van der Waals surface area contributed by atoms with Crippen molar-refractivity contribution in [3.63, 3.8) is 0 Å². The van der Waals surface area contributed by atoms with Crippen molar-refractivity contribution in [3.05, 3.63) is 46.6 Å².